The van der Waals surface area contributed by atoms with Crippen molar-refractivity contribution in [2.45, 2.75) is 13.0 Å². The summed E-state index contributed by atoms with van der Waals surface area (Å²) in [5.74, 6) is -0.140. The van der Waals surface area contributed by atoms with Crippen LogP contribution in [0.4, 0.5) is 4.39 Å². The molecule has 0 spiro atoms. The first-order chi connectivity index (χ1) is 9.16. The molecule has 0 unspecified atom stereocenters. The third-order valence-electron chi connectivity index (χ3n) is 2.84. The molecule has 100 valence electrons. The monoisotopic (exact) mass is 341 g/mol. The highest BCUT2D eigenvalue weighted by Gasteiger charge is 2.01. The van der Waals surface area contributed by atoms with E-state index in [1.165, 1.54) is 6.07 Å². The van der Waals surface area contributed by atoms with E-state index in [2.05, 4.69) is 21.2 Å². The third kappa shape index (κ3) is 4.30. The second-order valence-corrected chi connectivity index (χ2v) is 5.53. The molecule has 1 N–H and O–H groups in total. The second-order valence-electron chi connectivity index (χ2n) is 4.27. The highest BCUT2D eigenvalue weighted by Crippen LogP contribution is 2.23. The van der Waals surface area contributed by atoms with Crippen LogP contribution in [-0.2, 0) is 13.0 Å². The predicted octanol–water partition coefficient (Wildman–Crippen LogP) is 4.57. The normalized spacial score (nSPS) is 10.7. The van der Waals surface area contributed by atoms with Gasteiger partial charge in [0.05, 0.1) is 5.02 Å². The van der Waals surface area contributed by atoms with E-state index in [0.717, 1.165) is 28.7 Å². The molecule has 2 aromatic rings. The molecule has 0 aliphatic carbocycles. The Hall–Kier alpha value is -0.900. The molecule has 0 amide bonds. The van der Waals surface area contributed by atoms with Crippen LogP contribution in [0.15, 0.2) is 46.9 Å². The van der Waals surface area contributed by atoms with Gasteiger partial charge >= 0.3 is 0 Å². The summed E-state index contributed by atoms with van der Waals surface area (Å²) in [5.41, 5.74) is 1.89. The molecular weight excluding hydrogens is 329 g/mol. The molecule has 0 saturated carbocycles. The Morgan fingerprint density at radius 3 is 2.68 bits per heavy atom. The van der Waals surface area contributed by atoms with Gasteiger partial charge in [0.25, 0.3) is 0 Å². The fourth-order valence-electron chi connectivity index (χ4n) is 1.81. The Balaban J connectivity index is 1.81. The van der Waals surface area contributed by atoms with Crippen LogP contribution in [0.5, 0.6) is 0 Å². The summed E-state index contributed by atoms with van der Waals surface area (Å²) in [5, 5.41) is 4.00. The summed E-state index contributed by atoms with van der Waals surface area (Å²) in [6.45, 7) is 1.48. The Labute approximate surface area is 125 Å². The lowest BCUT2D eigenvalue weighted by Crippen LogP contribution is -2.17. The molecule has 1 nitrogen and oxygen atoms in total. The topological polar surface area (TPSA) is 12.0 Å². The van der Waals surface area contributed by atoms with Gasteiger partial charge in [-0.25, -0.2) is 4.39 Å². The Morgan fingerprint density at radius 2 is 1.95 bits per heavy atom. The molecule has 0 aliphatic rings. The van der Waals surface area contributed by atoms with Crippen molar-refractivity contribution in [3.63, 3.8) is 0 Å². The van der Waals surface area contributed by atoms with Gasteiger partial charge in [-0.05, 0) is 58.2 Å². The zero-order valence-electron chi connectivity index (χ0n) is 10.3. The number of rotatable bonds is 5. The zero-order valence-corrected chi connectivity index (χ0v) is 12.6. The van der Waals surface area contributed by atoms with E-state index in [1.54, 1.807) is 6.07 Å². The fourth-order valence-corrected chi connectivity index (χ4v) is 2.35. The van der Waals surface area contributed by atoms with Crippen LogP contribution in [0.2, 0.25) is 5.02 Å². The van der Waals surface area contributed by atoms with Crippen molar-refractivity contribution in [1.82, 2.24) is 5.32 Å². The van der Waals surface area contributed by atoms with Crippen LogP contribution in [-0.4, -0.2) is 6.54 Å². The molecule has 0 heterocycles. The minimum atomic E-state index is -0.140. The predicted molar refractivity (Wildman–Crippen MR) is 81.0 cm³/mol. The molecule has 19 heavy (non-hydrogen) atoms. The zero-order chi connectivity index (χ0) is 13.7. The molecule has 0 radical (unpaired) electrons. The first kappa shape index (κ1) is 14.5. The Bertz CT molecular complexity index is 560. The summed E-state index contributed by atoms with van der Waals surface area (Å²) < 4.78 is 14.3. The maximum Gasteiger partial charge on any atom is 0.126 e. The summed E-state index contributed by atoms with van der Waals surface area (Å²) in [6, 6.07) is 12.7. The Kier molecular flexibility index (Phi) is 5.37. The van der Waals surface area contributed by atoms with Crippen LogP contribution < -0.4 is 5.32 Å². The van der Waals surface area contributed by atoms with E-state index in [-0.39, 0.29) is 5.82 Å². The molecule has 2 rings (SSSR count). The quantitative estimate of drug-likeness (QED) is 0.785. The highest BCUT2D eigenvalue weighted by atomic mass is 79.9. The number of benzene rings is 2. The van der Waals surface area contributed by atoms with E-state index >= 15 is 0 Å². The van der Waals surface area contributed by atoms with Crippen molar-refractivity contribution in [3.05, 3.63) is 68.9 Å². The smallest absolute Gasteiger partial charge is 0.126 e. The van der Waals surface area contributed by atoms with Crippen molar-refractivity contribution in [2.75, 3.05) is 6.54 Å². The highest BCUT2D eigenvalue weighted by molar-refractivity contribution is 9.10. The van der Waals surface area contributed by atoms with Gasteiger partial charge in [0.15, 0.2) is 0 Å². The van der Waals surface area contributed by atoms with Gasteiger partial charge in [0.2, 0.25) is 0 Å². The lowest BCUT2D eigenvalue weighted by molar-refractivity contribution is 0.598. The SMILES string of the molecule is Fc1ccccc1CCNCc1ccc(Cl)c(Br)c1. The van der Waals surface area contributed by atoms with Crippen LogP contribution in [0.1, 0.15) is 11.1 Å². The maximum atomic E-state index is 13.4. The molecule has 0 saturated heterocycles. The van der Waals surface area contributed by atoms with Crippen molar-refractivity contribution < 1.29 is 4.39 Å². The van der Waals surface area contributed by atoms with Gasteiger partial charge in [0.1, 0.15) is 5.82 Å². The second kappa shape index (κ2) is 7.04. The number of halogens is 3. The minimum Gasteiger partial charge on any atom is -0.312 e. The summed E-state index contributed by atoms with van der Waals surface area (Å²) in [4.78, 5) is 0. The number of nitrogens with one attached hydrogen (secondary N) is 1. The molecular formula is C15H14BrClFN. The molecule has 0 atom stereocenters. The molecule has 4 heteroatoms. The number of hydrogen-bond acceptors (Lipinski definition) is 1. The average molecular weight is 343 g/mol. The largest absolute Gasteiger partial charge is 0.312 e. The van der Waals surface area contributed by atoms with Crippen molar-refractivity contribution in [2.24, 2.45) is 0 Å². The van der Waals surface area contributed by atoms with Crippen LogP contribution in [0.25, 0.3) is 0 Å². The summed E-state index contributed by atoms with van der Waals surface area (Å²) in [6.07, 6.45) is 0.682. The lowest BCUT2D eigenvalue weighted by atomic mass is 10.1. The summed E-state index contributed by atoms with van der Waals surface area (Å²) in [7, 11) is 0. The van der Waals surface area contributed by atoms with Crippen LogP contribution >= 0.6 is 27.5 Å². The van der Waals surface area contributed by atoms with Gasteiger partial charge in [-0.1, -0.05) is 35.9 Å². The van der Waals surface area contributed by atoms with E-state index in [0.29, 0.717) is 11.4 Å². The minimum absolute atomic E-state index is 0.140. The number of hydrogen-bond donors (Lipinski definition) is 1. The van der Waals surface area contributed by atoms with Crippen molar-refractivity contribution in [1.29, 1.82) is 0 Å². The van der Waals surface area contributed by atoms with Gasteiger partial charge in [-0.15, -0.1) is 0 Å². The third-order valence-corrected chi connectivity index (χ3v) is 4.06. The van der Waals surface area contributed by atoms with Crippen LogP contribution in [0.3, 0.4) is 0 Å². The maximum absolute atomic E-state index is 13.4. The van der Waals surface area contributed by atoms with Gasteiger partial charge in [0, 0.05) is 11.0 Å². The molecule has 0 fully saturated rings. The first-order valence-corrected chi connectivity index (χ1v) is 7.22. The molecule has 0 aliphatic heterocycles. The fraction of sp³-hybridized carbons (Fsp3) is 0.200. The van der Waals surface area contributed by atoms with E-state index < -0.39 is 0 Å². The molecule has 0 bridgehead atoms. The first-order valence-electron chi connectivity index (χ1n) is 6.05. The molecule has 0 aromatic heterocycles. The van der Waals surface area contributed by atoms with E-state index in [1.807, 2.05) is 30.3 Å². The van der Waals surface area contributed by atoms with Gasteiger partial charge in [-0.3, -0.25) is 0 Å². The lowest BCUT2D eigenvalue weighted by Gasteiger charge is -2.07. The van der Waals surface area contributed by atoms with E-state index in [9.17, 15) is 4.39 Å². The average Bonchev–Trinajstić information content (AvgIpc) is 2.40. The Morgan fingerprint density at radius 1 is 1.16 bits per heavy atom. The van der Waals surface area contributed by atoms with Crippen molar-refractivity contribution in [3.8, 4) is 0 Å². The molecule has 2 aromatic carbocycles. The van der Waals surface area contributed by atoms with Crippen LogP contribution in [0, 0.1) is 5.82 Å². The van der Waals surface area contributed by atoms with Gasteiger partial charge < -0.3 is 5.32 Å². The van der Waals surface area contributed by atoms with Gasteiger partial charge in [-0.2, -0.15) is 0 Å². The summed E-state index contributed by atoms with van der Waals surface area (Å²) >= 11 is 9.32. The standard InChI is InChI=1S/C15H14BrClFN/c16-13-9-11(5-6-14(13)17)10-19-8-7-12-3-1-2-4-15(12)18/h1-6,9,19H,7-8,10H2. The van der Waals surface area contributed by atoms with Crippen molar-refractivity contribution >= 4 is 27.5 Å². The van der Waals surface area contributed by atoms with E-state index in [4.69, 9.17) is 11.6 Å².